The van der Waals surface area contributed by atoms with Gasteiger partial charge in [-0.1, -0.05) is 12.1 Å². The fourth-order valence-corrected chi connectivity index (χ4v) is 2.91. The molecule has 33 heavy (non-hydrogen) atoms. The van der Waals surface area contributed by atoms with Crippen LogP contribution in [0.25, 0.3) is 0 Å². The van der Waals surface area contributed by atoms with Gasteiger partial charge in [0.25, 0.3) is 0 Å². The highest BCUT2D eigenvalue weighted by Gasteiger charge is 2.35. The second-order valence-corrected chi connectivity index (χ2v) is 11.1. The van der Waals surface area contributed by atoms with E-state index in [1.807, 2.05) is 12.1 Å². The van der Waals surface area contributed by atoms with Crippen molar-refractivity contribution >= 4 is 23.7 Å². The lowest BCUT2D eigenvalue weighted by atomic mass is 9.92. The maximum atomic E-state index is 13.0. The van der Waals surface area contributed by atoms with E-state index in [0.717, 1.165) is 5.56 Å². The van der Waals surface area contributed by atoms with Crippen LogP contribution in [0.15, 0.2) is 24.3 Å². The summed E-state index contributed by atoms with van der Waals surface area (Å²) in [6, 6.07) is 6.01. The summed E-state index contributed by atoms with van der Waals surface area (Å²) in [4.78, 5) is 38.4. The SMILES string of the molecule is CC(C)(C)OC(=O)N[C@@H](CC(Cc1ccc(N)cc1)C(=O)OC(C)(C)C)C(=O)OC(C)(C)C. The van der Waals surface area contributed by atoms with Gasteiger partial charge in [-0.3, -0.25) is 4.79 Å². The topological polar surface area (TPSA) is 117 Å². The van der Waals surface area contributed by atoms with Crippen LogP contribution in [0.3, 0.4) is 0 Å². The molecule has 1 aromatic carbocycles. The highest BCUT2D eigenvalue weighted by atomic mass is 16.6. The molecule has 0 saturated carbocycles. The Bertz CT molecular complexity index is 813. The standard InChI is InChI=1S/C25H40N2O6/c1-23(2,3)31-20(28)17(14-16-10-12-18(26)13-11-16)15-19(21(29)32-24(4,5)6)27-22(30)33-25(7,8)9/h10-13,17,19H,14-15,26H2,1-9H3,(H,27,30)/t17?,19-/m0/s1. The van der Waals surface area contributed by atoms with Gasteiger partial charge in [0.2, 0.25) is 0 Å². The van der Waals surface area contributed by atoms with Crippen molar-refractivity contribution in [1.82, 2.24) is 5.32 Å². The van der Waals surface area contributed by atoms with Gasteiger partial charge >= 0.3 is 18.0 Å². The molecule has 1 amide bonds. The number of amides is 1. The van der Waals surface area contributed by atoms with Gasteiger partial charge in [-0.2, -0.15) is 0 Å². The molecule has 0 heterocycles. The zero-order valence-corrected chi connectivity index (χ0v) is 21.4. The third-order valence-corrected chi connectivity index (χ3v) is 4.10. The van der Waals surface area contributed by atoms with Crippen molar-refractivity contribution in [3.05, 3.63) is 29.8 Å². The van der Waals surface area contributed by atoms with Crippen molar-refractivity contribution in [2.45, 2.75) is 98.0 Å². The number of carbonyl (C=O) groups excluding carboxylic acids is 3. The van der Waals surface area contributed by atoms with Gasteiger partial charge in [0.15, 0.2) is 0 Å². The molecular weight excluding hydrogens is 424 g/mol. The largest absolute Gasteiger partial charge is 0.460 e. The minimum atomic E-state index is -1.11. The van der Waals surface area contributed by atoms with E-state index in [1.54, 1.807) is 74.4 Å². The lowest BCUT2D eigenvalue weighted by Crippen LogP contribution is -2.48. The van der Waals surface area contributed by atoms with E-state index in [1.165, 1.54) is 0 Å². The first kappa shape index (κ1) is 28.3. The van der Waals surface area contributed by atoms with Gasteiger partial charge in [0, 0.05) is 5.69 Å². The van der Waals surface area contributed by atoms with Gasteiger partial charge in [-0.15, -0.1) is 0 Å². The summed E-state index contributed by atoms with van der Waals surface area (Å²) in [5.74, 6) is -1.85. The number of hydrogen-bond acceptors (Lipinski definition) is 7. The number of ether oxygens (including phenoxy) is 3. The molecule has 0 aliphatic rings. The highest BCUT2D eigenvalue weighted by molar-refractivity contribution is 5.83. The summed E-state index contributed by atoms with van der Waals surface area (Å²) in [5.41, 5.74) is 4.98. The molecule has 0 aliphatic heterocycles. The highest BCUT2D eigenvalue weighted by Crippen LogP contribution is 2.22. The quantitative estimate of drug-likeness (QED) is 0.349. The second kappa shape index (κ2) is 10.9. The summed E-state index contributed by atoms with van der Waals surface area (Å²) in [7, 11) is 0. The summed E-state index contributed by atoms with van der Waals surface area (Å²) < 4.78 is 16.4. The smallest absolute Gasteiger partial charge is 0.408 e. The first-order valence-corrected chi connectivity index (χ1v) is 11.1. The van der Waals surface area contributed by atoms with E-state index in [4.69, 9.17) is 19.9 Å². The number of esters is 2. The zero-order valence-electron chi connectivity index (χ0n) is 21.4. The van der Waals surface area contributed by atoms with Crippen LogP contribution in [0.2, 0.25) is 0 Å². The molecule has 0 radical (unpaired) electrons. The third kappa shape index (κ3) is 12.2. The molecule has 0 spiro atoms. The van der Waals surface area contributed by atoms with Crippen LogP contribution < -0.4 is 11.1 Å². The Morgan fingerprint density at radius 2 is 1.24 bits per heavy atom. The molecule has 1 unspecified atom stereocenters. The lowest BCUT2D eigenvalue weighted by Gasteiger charge is -2.29. The molecule has 0 saturated heterocycles. The van der Waals surface area contributed by atoms with Gasteiger partial charge in [-0.05, 0) is 92.9 Å². The Morgan fingerprint density at radius 1 is 0.788 bits per heavy atom. The maximum absolute atomic E-state index is 13.0. The van der Waals surface area contributed by atoms with E-state index in [2.05, 4.69) is 5.32 Å². The number of nitrogens with two attached hydrogens (primary N) is 1. The van der Waals surface area contributed by atoms with Gasteiger partial charge < -0.3 is 25.3 Å². The number of anilines is 1. The molecule has 1 rings (SSSR count). The third-order valence-electron chi connectivity index (χ3n) is 4.10. The van der Waals surface area contributed by atoms with Crippen molar-refractivity contribution < 1.29 is 28.6 Å². The number of alkyl carbamates (subject to hydrolysis) is 1. The van der Waals surface area contributed by atoms with Gasteiger partial charge in [0.05, 0.1) is 5.92 Å². The monoisotopic (exact) mass is 464 g/mol. The Kier molecular flexibility index (Phi) is 9.33. The number of rotatable bonds is 7. The molecule has 1 aromatic rings. The maximum Gasteiger partial charge on any atom is 0.408 e. The van der Waals surface area contributed by atoms with Gasteiger partial charge in [0.1, 0.15) is 22.8 Å². The van der Waals surface area contributed by atoms with E-state index in [9.17, 15) is 14.4 Å². The number of nitrogen functional groups attached to an aromatic ring is 1. The van der Waals surface area contributed by atoms with Crippen LogP contribution >= 0.6 is 0 Å². The number of carbonyl (C=O) groups is 3. The molecule has 0 aliphatic carbocycles. The Hall–Kier alpha value is -2.77. The van der Waals surface area contributed by atoms with Crippen LogP contribution in [0.1, 0.15) is 74.3 Å². The number of nitrogens with one attached hydrogen (secondary N) is 1. The van der Waals surface area contributed by atoms with Crippen molar-refractivity contribution in [2.75, 3.05) is 5.73 Å². The zero-order chi connectivity index (χ0) is 25.6. The van der Waals surface area contributed by atoms with E-state index in [-0.39, 0.29) is 6.42 Å². The van der Waals surface area contributed by atoms with Crippen molar-refractivity contribution in [1.29, 1.82) is 0 Å². The Balaban J connectivity index is 3.21. The molecule has 8 nitrogen and oxygen atoms in total. The Morgan fingerprint density at radius 3 is 1.70 bits per heavy atom. The molecule has 0 bridgehead atoms. The summed E-state index contributed by atoms with van der Waals surface area (Å²) in [6.07, 6.45) is -0.494. The van der Waals surface area contributed by atoms with Crippen LogP contribution in [-0.4, -0.2) is 40.9 Å². The first-order valence-electron chi connectivity index (χ1n) is 11.1. The van der Waals surface area contributed by atoms with Crippen LogP contribution in [0, 0.1) is 5.92 Å². The van der Waals surface area contributed by atoms with Crippen molar-refractivity contribution in [3.8, 4) is 0 Å². The summed E-state index contributed by atoms with van der Waals surface area (Å²) in [5, 5.41) is 2.58. The van der Waals surface area contributed by atoms with Crippen LogP contribution in [0.4, 0.5) is 10.5 Å². The van der Waals surface area contributed by atoms with Crippen LogP contribution in [-0.2, 0) is 30.2 Å². The van der Waals surface area contributed by atoms with Gasteiger partial charge in [-0.25, -0.2) is 9.59 Å². The van der Waals surface area contributed by atoms with E-state index >= 15 is 0 Å². The molecular formula is C25H40N2O6. The molecule has 0 aromatic heterocycles. The predicted molar refractivity (Wildman–Crippen MR) is 128 cm³/mol. The number of benzene rings is 1. The van der Waals surface area contributed by atoms with E-state index < -0.39 is 46.8 Å². The average Bonchev–Trinajstić information content (AvgIpc) is 2.57. The summed E-state index contributed by atoms with van der Waals surface area (Å²) in [6.45, 7) is 15.7. The fourth-order valence-electron chi connectivity index (χ4n) is 2.91. The minimum absolute atomic E-state index is 0.0204. The minimum Gasteiger partial charge on any atom is -0.460 e. The van der Waals surface area contributed by atoms with Crippen LogP contribution in [0.5, 0.6) is 0 Å². The first-order chi connectivity index (χ1) is 14.8. The summed E-state index contributed by atoms with van der Waals surface area (Å²) >= 11 is 0. The van der Waals surface area contributed by atoms with Crippen molar-refractivity contribution in [3.63, 3.8) is 0 Å². The number of hydrogen-bond donors (Lipinski definition) is 2. The van der Waals surface area contributed by atoms with Crippen molar-refractivity contribution in [2.24, 2.45) is 5.92 Å². The molecule has 3 N–H and O–H groups in total. The predicted octanol–water partition coefficient (Wildman–Crippen LogP) is 4.39. The molecule has 0 fully saturated rings. The average molecular weight is 465 g/mol. The normalized spacial score (nSPS) is 14.1. The lowest BCUT2D eigenvalue weighted by molar-refractivity contribution is -0.162. The molecule has 8 heteroatoms. The molecule has 2 atom stereocenters. The molecule has 186 valence electrons. The van der Waals surface area contributed by atoms with E-state index in [0.29, 0.717) is 12.1 Å². The second-order valence-electron chi connectivity index (χ2n) is 11.1. The fraction of sp³-hybridized carbons (Fsp3) is 0.640. The Labute approximate surface area is 197 Å².